The molecule has 16 heavy (non-hydrogen) atoms. The van der Waals surface area contributed by atoms with Crippen molar-refractivity contribution < 1.29 is 13.9 Å². The van der Waals surface area contributed by atoms with E-state index in [0.717, 1.165) is 0 Å². The standard InChI is InChI=1S/C11H11BrFNO2/c12-6-1-2-9(10(13)3-6)11(15)16-8-4-7(14)5-8/h1-3,7-8H,4-5,14H2. The van der Waals surface area contributed by atoms with Crippen LogP contribution in [0.1, 0.15) is 23.2 Å². The quantitative estimate of drug-likeness (QED) is 0.849. The molecule has 1 aliphatic carbocycles. The van der Waals surface area contributed by atoms with Crippen molar-refractivity contribution in [2.75, 3.05) is 0 Å². The highest BCUT2D eigenvalue weighted by Crippen LogP contribution is 2.23. The summed E-state index contributed by atoms with van der Waals surface area (Å²) in [4.78, 5) is 11.6. The Hall–Kier alpha value is -0.940. The summed E-state index contributed by atoms with van der Waals surface area (Å²) in [6.07, 6.45) is 1.15. The maximum atomic E-state index is 13.4. The van der Waals surface area contributed by atoms with Crippen molar-refractivity contribution in [1.29, 1.82) is 0 Å². The van der Waals surface area contributed by atoms with Crippen molar-refractivity contribution >= 4 is 21.9 Å². The largest absolute Gasteiger partial charge is 0.459 e. The summed E-state index contributed by atoms with van der Waals surface area (Å²) in [5.41, 5.74) is 5.52. The van der Waals surface area contributed by atoms with E-state index < -0.39 is 11.8 Å². The molecule has 0 atom stereocenters. The van der Waals surface area contributed by atoms with Crippen molar-refractivity contribution in [3.05, 3.63) is 34.1 Å². The highest BCUT2D eigenvalue weighted by molar-refractivity contribution is 9.10. The molecule has 2 rings (SSSR count). The Kier molecular flexibility index (Phi) is 3.25. The van der Waals surface area contributed by atoms with Crippen LogP contribution < -0.4 is 5.73 Å². The van der Waals surface area contributed by atoms with E-state index >= 15 is 0 Å². The number of rotatable bonds is 2. The molecular weight excluding hydrogens is 277 g/mol. The number of nitrogens with two attached hydrogens (primary N) is 1. The molecule has 0 aromatic heterocycles. The molecule has 2 N–H and O–H groups in total. The molecule has 86 valence electrons. The lowest BCUT2D eigenvalue weighted by Gasteiger charge is -2.31. The normalized spacial score (nSPS) is 23.7. The minimum atomic E-state index is -0.623. The lowest BCUT2D eigenvalue weighted by atomic mass is 9.90. The Bertz CT molecular complexity index is 418. The Labute approximate surface area is 101 Å². The minimum absolute atomic E-state index is 0.0383. The minimum Gasteiger partial charge on any atom is -0.459 e. The second kappa shape index (κ2) is 4.51. The summed E-state index contributed by atoms with van der Waals surface area (Å²) >= 11 is 3.12. The lowest BCUT2D eigenvalue weighted by molar-refractivity contribution is 0.00279. The van der Waals surface area contributed by atoms with Crippen molar-refractivity contribution in [1.82, 2.24) is 0 Å². The van der Waals surface area contributed by atoms with Gasteiger partial charge >= 0.3 is 5.97 Å². The smallest absolute Gasteiger partial charge is 0.341 e. The number of esters is 1. The number of ether oxygens (including phenoxy) is 1. The topological polar surface area (TPSA) is 52.3 Å². The lowest BCUT2D eigenvalue weighted by Crippen LogP contribution is -2.42. The summed E-state index contributed by atoms with van der Waals surface area (Å²) in [5.74, 6) is -1.20. The van der Waals surface area contributed by atoms with Gasteiger partial charge in [-0.05, 0) is 31.0 Å². The van der Waals surface area contributed by atoms with Gasteiger partial charge in [0.15, 0.2) is 0 Å². The van der Waals surface area contributed by atoms with Gasteiger partial charge in [0, 0.05) is 10.5 Å². The van der Waals surface area contributed by atoms with Gasteiger partial charge in [-0.1, -0.05) is 15.9 Å². The third-order valence-electron chi connectivity index (χ3n) is 2.56. The molecule has 0 saturated heterocycles. The third kappa shape index (κ3) is 2.41. The van der Waals surface area contributed by atoms with Crippen molar-refractivity contribution in [2.45, 2.75) is 25.0 Å². The zero-order chi connectivity index (χ0) is 11.7. The molecule has 0 heterocycles. The monoisotopic (exact) mass is 287 g/mol. The summed E-state index contributed by atoms with van der Waals surface area (Å²) in [6.45, 7) is 0. The number of carbonyl (C=O) groups excluding carboxylic acids is 1. The predicted molar refractivity (Wildman–Crippen MR) is 60.5 cm³/mol. The van der Waals surface area contributed by atoms with Crippen LogP contribution in [-0.4, -0.2) is 18.1 Å². The molecule has 0 spiro atoms. The van der Waals surface area contributed by atoms with Gasteiger partial charge in [0.25, 0.3) is 0 Å². The highest BCUT2D eigenvalue weighted by Gasteiger charge is 2.30. The molecule has 1 aliphatic rings. The van der Waals surface area contributed by atoms with E-state index in [4.69, 9.17) is 10.5 Å². The van der Waals surface area contributed by atoms with E-state index in [9.17, 15) is 9.18 Å². The van der Waals surface area contributed by atoms with Crippen LogP contribution in [0, 0.1) is 5.82 Å². The molecule has 3 nitrogen and oxygen atoms in total. The Morgan fingerprint density at radius 1 is 1.50 bits per heavy atom. The first-order valence-corrected chi connectivity index (χ1v) is 5.77. The highest BCUT2D eigenvalue weighted by atomic mass is 79.9. The Balaban J connectivity index is 2.03. The molecular formula is C11H11BrFNO2. The van der Waals surface area contributed by atoms with Crippen molar-refractivity contribution in [3.8, 4) is 0 Å². The molecule has 1 aromatic rings. The predicted octanol–water partition coefficient (Wildman–Crippen LogP) is 2.23. The molecule has 0 unspecified atom stereocenters. The average Bonchev–Trinajstić information content (AvgIpc) is 2.15. The first-order chi connectivity index (χ1) is 7.56. The SMILES string of the molecule is NC1CC(OC(=O)c2ccc(Br)cc2F)C1. The maximum Gasteiger partial charge on any atom is 0.341 e. The first kappa shape index (κ1) is 11.5. The van der Waals surface area contributed by atoms with Crippen molar-refractivity contribution in [3.63, 3.8) is 0 Å². The maximum absolute atomic E-state index is 13.4. The summed E-state index contributed by atoms with van der Waals surface area (Å²) < 4.78 is 19.1. The van der Waals surface area contributed by atoms with Crippen LogP contribution in [-0.2, 0) is 4.74 Å². The molecule has 1 saturated carbocycles. The van der Waals surface area contributed by atoms with Crippen LogP contribution >= 0.6 is 15.9 Å². The van der Waals surface area contributed by atoms with Crippen LogP contribution in [0.3, 0.4) is 0 Å². The van der Waals surface area contributed by atoms with E-state index in [2.05, 4.69) is 15.9 Å². The average molecular weight is 288 g/mol. The van der Waals surface area contributed by atoms with Crippen LogP contribution in [0.25, 0.3) is 0 Å². The number of benzene rings is 1. The van der Waals surface area contributed by atoms with Gasteiger partial charge < -0.3 is 10.5 Å². The van der Waals surface area contributed by atoms with E-state index in [1.165, 1.54) is 12.1 Å². The van der Waals surface area contributed by atoms with Gasteiger partial charge in [-0.15, -0.1) is 0 Å². The first-order valence-electron chi connectivity index (χ1n) is 4.98. The van der Waals surface area contributed by atoms with Crippen LogP contribution in [0.2, 0.25) is 0 Å². The van der Waals surface area contributed by atoms with Crippen LogP contribution in [0.5, 0.6) is 0 Å². The van der Waals surface area contributed by atoms with E-state index in [0.29, 0.717) is 17.3 Å². The molecule has 0 bridgehead atoms. The van der Waals surface area contributed by atoms with Crippen LogP contribution in [0.4, 0.5) is 4.39 Å². The Morgan fingerprint density at radius 2 is 2.19 bits per heavy atom. The second-order valence-corrected chi connectivity index (χ2v) is 4.80. The van der Waals surface area contributed by atoms with Gasteiger partial charge in [0.05, 0.1) is 5.56 Å². The van der Waals surface area contributed by atoms with Gasteiger partial charge in [-0.25, -0.2) is 9.18 Å². The number of halogens is 2. The Morgan fingerprint density at radius 3 is 2.75 bits per heavy atom. The molecule has 1 fully saturated rings. The molecule has 0 aliphatic heterocycles. The van der Waals surface area contributed by atoms with Crippen molar-refractivity contribution in [2.24, 2.45) is 5.73 Å². The molecule has 0 amide bonds. The zero-order valence-electron chi connectivity index (χ0n) is 8.45. The molecule has 5 heteroatoms. The fourth-order valence-electron chi connectivity index (χ4n) is 1.57. The third-order valence-corrected chi connectivity index (χ3v) is 3.05. The van der Waals surface area contributed by atoms with Gasteiger partial charge in [-0.3, -0.25) is 0 Å². The van der Waals surface area contributed by atoms with E-state index in [1.807, 2.05) is 0 Å². The van der Waals surface area contributed by atoms with Gasteiger partial charge in [0.2, 0.25) is 0 Å². The summed E-state index contributed by atoms with van der Waals surface area (Å²) in [6, 6.07) is 4.35. The van der Waals surface area contributed by atoms with E-state index in [-0.39, 0.29) is 17.7 Å². The summed E-state index contributed by atoms with van der Waals surface area (Å²) in [5, 5.41) is 0. The fourth-order valence-corrected chi connectivity index (χ4v) is 1.91. The number of carbonyl (C=O) groups is 1. The number of hydrogen-bond donors (Lipinski definition) is 1. The second-order valence-electron chi connectivity index (χ2n) is 3.88. The zero-order valence-corrected chi connectivity index (χ0v) is 10.0. The van der Waals surface area contributed by atoms with Gasteiger partial charge in [-0.2, -0.15) is 0 Å². The molecule has 1 aromatic carbocycles. The summed E-state index contributed by atoms with van der Waals surface area (Å²) in [7, 11) is 0. The van der Waals surface area contributed by atoms with Crippen LogP contribution in [0.15, 0.2) is 22.7 Å². The van der Waals surface area contributed by atoms with Gasteiger partial charge in [0.1, 0.15) is 11.9 Å². The number of hydrogen-bond acceptors (Lipinski definition) is 3. The molecule has 0 radical (unpaired) electrons. The van der Waals surface area contributed by atoms with E-state index in [1.54, 1.807) is 6.07 Å². The fraction of sp³-hybridized carbons (Fsp3) is 0.364.